The van der Waals surface area contributed by atoms with Gasteiger partial charge in [-0.05, 0) is 26.7 Å². The first-order valence-corrected chi connectivity index (χ1v) is 7.14. The maximum Gasteiger partial charge on any atom is 0.0499 e. The van der Waals surface area contributed by atoms with Gasteiger partial charge in [0.15, 0.2) is 0 Å². The van der Waals surface area contributed by atoms with Crippen LogP contribution >= 0.6 is 0 Å². The molecule has 3 heteroatoms. The van der Waals surface area contributed by atoms with Gasteiger partial charge in [-0.25, -0.2) is 0 Å². The quantitative estimate of drug-likeness (QED) is 0.769. The molecule has 1 heterocycles. The van der Waals surface area contributed by atoms with Gasteiger partial charge in [0, 0.05) is 50.8 Å². The fraction of sp³-hybridized carbons (Fsp3) is 1.00. The normalized spacial score (nSPS) is 20.1. The number of hydrogen-bond donors (Lipinski definition) is 1. The van der Waals surface area contributed by atoms with Crippen LogP contribution in [0.4, 0.5) is 0 Å². The van der Waals surface area contributed by atoms with Crippen molar-refractivity contribution in [1.82, 2.24) is 9.80 Å². The van der Waals surface area contributed by atoms with Gasteiger partial charge < -0.3 is 10.0 Å². The Morgan fingerprint density at radius 2 is 1.59 bits per heavy atom. The Labute approximate surface area is 107 Å². The van der Waals surface area contributed by atoms with Crippen molar-refractivity contribution in [3.05, 3.63) is 0 Å². The molecule has 17 heavy (non-hydrogen) atoms. The van der Waals surface area contributed by atoms with Crippen LogP contribution in [0.3, 0.4) is 0 Å². The molecule has 0 atom stereocenters. The van der Waals surface area contributed by atoms with E-state index in [1.54, 1.807) is 0 Å². The second kappa shape index (κ2) is 6.72. The molecule has 0 saturated carbocycles. The average Bonchev–Trinajstić information content (AvgIpc) is 2.37. The van der Waals surface area contributed by atoms with Crippen molar-refractivity contribution in [3.8, 4) is 0 Å². The van der Waals surface area contributed by atoms with Crippen LogP contribution in [0.25, 0.3) is 0 Å². The third kappa shape index (κ3) is 3.94. The summed E-state index contributed by atoms with van der Waals surface area (Å²) < 4.78 is 0. The molecule has 0 aromatic heterocycles. The summed E-state index contributed by atoms with van der Waals surface area (Å²) in [4.78, 5) is 5.07. The molecule has 0 aromatic carbocycles. The topological polar surface area (TPSA) is 26.7 Å². The molecule has 0 spiro atoms. The number of piperazine rings is 1. The van der Waals surface area contributed by atoms with Crippen LogP contribution in [0.2, 0.25) is 0 Å². The number of nitrogens with zero attached hydrogens (tertiary/aromatic N) is 2. The summed E-state index contributed by atoms with van der Waals surface area (Å²) >= 11 is 0. The van der Waals surface area contributed by atoms with Crippen LogP contribution in [-0.4, -0.2) is 60.3 Å². The van der Waals surface area contributed by atoms with Crippen molar-refractivity contribution in [1.29, 1.82) is 0 Å². The number of rotatable bonds is 6. The van der Waals surface area contributed by atoms with Crippen LogP contribution in [0.15, 0.2) is 0 Å². The van der Waals surface area contributed by atoms with Crippen molar-refractivity contribution in [2.45, 2.75) is 46.6 Å². The summed E-state index contributed by atoms with van der Waals surface area (Å²) in [6.45, 7) is 15.0. The standard InChI is InChI=1S/C14H30N2O/c1-5-14(6-2,12-17)11-15-7-9-16(10-8-15)13(3)4/h13,17H,5-12H2,1-4H3. The first-order valence-electron chi connectivity index (χ1n) is 7.14. The Morgan fingerprint density at radius 1 is 1.06 bits per heavy atom. The highest BCUT2D eigenvalue weighted by Crippen LogP contribution is 2.27. The fourth-order valence-corrected chi connectivity index (χ4v) is 2.66. The van der Waals surface area contributed by atoms with Crippen LogP contribution in [0, 0.1) is 5.41 Å². The van der Waals surface area contributed by atoms with Crippen molar-refractivity contribution in [2.24, 2.45) is 5.41 Å². The van der Waals surface area contributed by atoms with Crippen LogP contribution in [-0.2, 0) is 0 Å². The van der Waals surface area contributed by atoms with E-state index in [9.17, 15) is 5.11 Å². The largest absolute Gasteiger partial charge is 0.396 e. The van der Waals surface area contributed by atoms with E-state index in [0.717, 1.165) is 32.5 Å². The Balaban J connectivity index is 2.44. The first-order chi connectivity index (χ1) is 8.06. The lowest BCUT2D eigenvalue weighted by molar-refractivity contribution is 0.0342. The molecule has 102 valence electrons. The fourth-order valence-electron chi connectivity index (χ4n) is 2.66. The Hall–Kier alpha value is -0.120. The van der Waals surface area contributed by atoms with Crippen LogP contribution in [0.1, 0.15) is 40.5 Å². The minimum Gasteiger partial charge on any atom is -0.396 e. The molecular weight excluding hydrogens is 212 g/mol. The van der Waals surface area contributed by atoms with Crippen molar-refractivity contribution >= 4 is 0 Å². The molecule has 1 aliphatic heterocycles. The van der Waals surface area contributed by atoms with Gasteiger partial charge in [0.1, 0.15) is 0 Å². The molecule has 0 amide bonds. The molecule has 0 aliphatic carbocycles. The van der Waals surface area contributed by atoms with Gasteiger partial charge in [-0.1, -0.05) is 13.8 Å². The lowest BCUT2D eigenvalue weighted by Crippen LogP contribution is -2.52. The van der Waals surface area contributed by atoms with E-state index in [1.165, 1.54) is 13.1 Å². The summed E-state index contributed by atoms with van der Waals surface area (Å²) in [5.74, 6) is 0. The molecule has 1 saturated heterocycles. The summed E-state index contributed by atoms with van der Waals surface area (Å²) in [5.41, 5.74) is 0.125. The first kappa shape index (κ1) is 14.9. The van der Waals surface area contributed by atoms with Gasteiger partial charge in [-0.3, -0.25) is 4.90 Å². The second-order valence-electron chi connectivity index (χ2n) is 5.77. The lowest BCUT2D eigenvalue weighted by Gasteiger charge is -2.41. The summed E-state index contributed by atoms with van der Waals surface area (Å²) in [6, 6.07) is 0.664. The van der Waals surface area contributed by atoms with Gasteiger partial charge in [-0.15, -0.1) is 0 Å². The van der Waals surface area contributed by atoms with E-state index in [4.69, 9.17) is 0 Å². The van der Waals surface area contributed by atoms with E-state index in [2.05, 4.69) is 37.5 Å². The predicted molar refractivity (Wildman–Crippen MR) is 73.2 cm³/mol. The molecule has 0 radical (unpaired) electrons. The molecule has 1 rings (SSSR count). The van der Waals surface area contributed by atoms with E-state index in [1.807, 2.05) is 0 Å². The molecule has 1 N–H and O–H groups in total. The van der Waals surface area contributed by atoms with E-state index >= 15 is 0 Å². The summed E-state index contributed by atoms with van der Waals surface area (Å²) in [7, 11) is 0. The van der Waals surface area contributed by atoms with Gasteiger partial charge in [0.05, 0.1) is 0 Å². The molecule has 0 unspecified atom stereocenters. The number of hydrogen-bond acceptors (Lipinski definition) is 3. The van der Waals surface area contributed by atoms with E-state index in [-0.39, 0.29) is 5.41 Å². The van der Waals surface area contributed by atoms with Gasteiger partial charge >= 0.3 is 0 Å². The van der Waals surface area contributed by atoms with Crippen molar-refractivity contribution in [2.75, 3.05) is 39.3 Å². The number of aliphatic hydroxyl groups excluding tert-OH is 1. The molecular formula is C14H30N2O. The maximum absolute atomic E-state index is 9.61. The minimum atomic E-state index is 0.125. The average molecular weight is 242 g/mol. The zero-order valence-electron chi connectivity index (χ0n) is 12.1. The second-order valence-corrected chi connectivity index (χ2v) is 5.77. The van der Waals surface area contributed by atoms with Gasteiger partial charge in [-0.2, -0.15) is 0 Å². The molecule has 1 fully saturated rings. The third-order valence-corrected chi connectivity index (χ3v) is 4.53. The molecule has 1 aliphatic rings. The van der Waals surface area contributed by atoms with Crippen LogP contribution in [0.5, 0.6) is 0 Å². The Bertz CT molecular complexity index is 198. The Morgan fingerprint density at radius 3 is 1.94 bits per heavy atom. The highest BCUT2D eigenvalue weighted by Gasteiger charge is 2.29. The summed E-state index contributed by atoms with van der Waals surface area (Å²) in [6.07, 6.45) is 2.15. The molecule has 3 nitrogen and oxygen atoms in total. The zero-order chi connectivity index (χ0) is 12.9. The van der Waals surface area contributed by atoms with Crippen molar-refractivity contribution < 1.29 is 5.11 Å². The van der Waals surface area contributed by atoms with Crippen LogP contribution < -0.4 is 0 Å². The predicted octanol–water partition coefficient (Wildman–Crippen LogP) is 1.81. The third-order valence-electron chi connectivity index (χ3n) is 4.53. The maximum atomic E-state index is 9.61. The SMILES string of the molecule is CCC(CC)(CO)CN1CCN(C(C)C)CC1. The molecule has 0 aromatic rings. The van der Waals surface area contributed by atoms with Gasteiger partial charge in [0.25, 0.3) is 0 Å². The van der Waals surface area contributed by atoms with Gasteiger partial charge in [0.2, 0.25) is 0 Å². The highest BCUT2D eigenvalue weighted by molar-refractivity contribution is 4.83. The van der Waals surface area contributed by atoms with Crippen molar-refractivity contribution in [3.63, 3.8) is 0 Å². The number of aliphatic hydroxyl groups is 1. The van der Waals surface area contributed by atoms with E-state index in [0.29, 0.717) is 12.6 Å². The Kier molecular flexibility index (Phi) is 5.90. The summed E-state index contributed by atoms with van der Waals surface area (Å²) in [5, 5.41) is 9.61. The lowest BCUT2D eigenvalue weighted by atomic mass is 9.82. The smallest absolute Gasteiger partial charge is 0.0499 e. The zero-order valence-corrected chi connectivity index (χ0v) is 12.1. The highest BCUT2D eigenvalue weighted by atomic mass is 16.3. The monoisotopic (exact) mass is 242 g/mol. The molecule has 0 bridgehead atoms. The van der Waals surface area contributed by atoms with E-state index < -0.39 is 0 Å². The minimum absolute atomic E-state index is 0.125.